The van der Waals surface area contributed by atoms with Gasteiger partial charge in [0.15, 0.2) is 0 Å². The first-order valence-electron chi connectivity index (χ1n) is 8.32. The molecule has 2 aliphatic heterocycles. The van der Waals surface area contributed by atoms with Crippen molar-refractivity contribution in [2.75, 3.05) is 37.7 Å². The van der Waals surface area contributed by atoms with E-state index in [2.05, 4.69) is 4.90 Å². The molecule has 0 atom stereocenters. The minimum Gasteiger partial charge on any atom is -0.378 e. The summed E-state index contributed by atoms with van der Waals surface area (Å²) in [5.74, 6) is -0.241. The van der Waals surface area contributed by atoms with Gasteiger partial charge in [-0.25, -0.2) is 4.79 Å². The molecular weight excluding hydrogens is 342 g/mol. The van der Waals surface area contributed by atoms with E-state index in [9.17, 15) is 9.59 Å². The quantitative estimate of drug-likeness (QED) is 0.845. The molecule has 1 aromatic carbocycles. The van der Waals surface area contributed by atoms with Crippen molar-refractivity contribution < 1.29 is 14.3 Å². The summed E-state index contributed by atoms with van der Waals surface area (Å²) in [4.78, 5) is 28.8. The Kier molecular flexibility index (Phi) is 4.01. The zero-order valence-corrected chi connectivity index (χ0v) is 14.6. The van der Waals surface area contributed by atoms with Crippen molar-refractivity contribution in [1.82, 2.24) is 9.47 Å². The first-order valence-corrected chi connectivity index (χ1v) is 8.69. The van der Waals surface area contributed by atoms with Gasteiger partial charge in [-0.2, -0.15) is 0 Å². The average molecular weight is 360 g/mol. The molecule has 1 aromatic heterocycles. The summed E-state index contributed by atoms with van der Waals surface area (Å²) >= 11 is 6.00. The number of nitrogens with zero attached hydrogens (tertiary/aromatic N) is 3. The molecule has 25 heavy (non-hydrogen) atoms. The number of amides is 2. The zero-order chi connectivity index (χ0) is 17.6. The molecule has 0 unspecified atom stereocenters. The number of benzene rings is 1. The van der Waals surface area contributed by atoms with Crippen molar-refractivity contribution in [2.24, 2.45) is 0 Å². The first kappa shape index (κ1) is 16.2. The highest BCUT2D eigenvalue weighted by Gasteiger charge is 2.40. The molecule has 0 saturated carbocycles. The third kappa shape index (κ3) is 2.53. The first-order chi connectivity index (χ1) is 12.1. The van der Waals surface area contributed by atoms with E-state index in [1.807, 2.05) is 24.3 Å². The molecule has 0 aliphatic carbocycles. The van der Waals surface area contributed by atoms with E-state index in [4.69, 9.17) is 16.3 Å². The monoisotopic (exact) mass is 359 g/mol. The largest absolute Gasteiger partial charge is 0.378 e. The van der Waals surface area contributed by atoms with Crippen LogP contribution in [0.4, 0.5) is 10.5 Å². The lowest BCUT2D eigenvalue weighted by molar-refractivity contribution is 0.0838. The van der Waals surface area contributed by atoms with E-state index in [0.717, 1.165) is 16.8 Å². The van der Waals surface area contributed by atoms with Crippen LogP contribution in [-0.2, 0) is 4.74 Å². The second kappa shape index (κ2) is 6.20. The molecule has 3 heterocycles. The Morgan fingerprint density at radius 1 is 1.12 bits per heavy atom. The number of aromatic nitrogens is 1. The van der Waals surface area contributed by atoms with Crippen molar-refractivity contribution >= 4 is 29.2 Å². The van der Waals surface area contributed by atoms with Crippen LogP contribution in [0, 0.1) is 0 Å². The molecule has 0 bridgehead atoms. The molecule has 7 heteroatoms. The smallest absolute Gasteiger partial charge is 0.335 e. The number of halogens is 1. The number of carbonyl (C=O) groups is 2. The Morgan fingerprint density at radius 2 is 1.80 bits per heavy atom. The van der Waals surface area contributed by atoms with Gasteiger partial charge < -0.3 is 9.64 Å². The lowest BCUT2D eigenvalue weighted by Crippen LogP contribution is -2.37. The van der Waals surface area contributed by atoms with E-state index in [0.29, 0.717) is 43.6 Å². The molecule has 1 saturated heterocycles. The number of imide groups is 1. The molecule has 1 fully saturated rings. The molecule has 2 amide bonds. The summed E-state index contributed by atoms with van der Waals surface area (Å²) in [7, 11) is 0. The van der Waals surface area contributed by atoms with E-state index in [1.165, 1.54) is 9.47 Å². The minimum atomic E-state index is -0.294. The molecule has 0 radical (unpaired) electrons. The number of morpholine rings is 1. The van der Waals surface area contributed by atoms with Crippen LogP contribution in [0.5, 0.6) is 0 Å². The van der Waals surface area contributed by atoms with Gasteiger partial charge >= 0.3 is 6.03 Å². The van der Waals surface area contributed by atoms with Crippen LogP contribution in [0.1, 0.15) is 17.4 Å². The van der Waals surface area contributed by atoms with Crippen LogP contribution in [-0.4, -0.2) is 54.3 Å². The van der Waals surface area contributed by atoms with Gasteiger partial charge in [0.05, 0.1) is 18.9 Å². The maximum atomic E-state index is 12.8. The molecule has 2 aromatic rings. The van der Waals surface area contributed by atoms with E-state index >= 15 is 0 Å². The summed E-state index contributed by atoms with van der Waals surface area (Å²) in [5.41, 5.74) is 3.04. The Bertz CT molecular complexity index is 838. The molecule has 130 valence electrons. The number of fused-ring (bicyclic) bond motifs is 1. The van der Waals surface area contributed by atoms with Crippen molar-refractivity contribution in [1.29, 1.82) is 0 Å². The fourth-order valence-corrected chi connectivity index (χ4v) is 3.55. The van der Waals surface area contributed by atoms with Crippen LogP contribution in [0.25, 0.3) is 11.1 Å². The maximum absolute atomic E-state index is 12.8. The van der Waals surface area contributed by atoms with Gasteiger partial charge in [-0.1, -0.05) is 23.7 Å². The second-order valence-electron chi connectivity index (χ2n) is 6.05. The fraction of sp³-hybridized carbons (Fsp3) is 0.333. The van der Waals surface area contributed by atoms with Crippen LogP contribution in [0.15, 0.2) is 30.5 Å². The predicted molar refractivity (Wildman–Crippen MR) is 95.4 cm³/mol. The van der Waals surface area contributed by atoms with E-state index < -0.39 is 0 Å². The van der Waals surface area contributed by atoms with Crippen LogP contribution in [0.2, 0.25) is 5.02 Å². The van der Waals surface area contributed by atoms with Crippen molar-refractivity contribution in [3.63, 3.8) is 0 Å². The summed E-state index contributed by atoms with van der Waals surface area (Å²) in [6.07, 6.45) is 1.76. The standard InChI is InChI=1S/C18H18ClN3O3/c1-2-21-17(23)16-15(20-7-9-25-10-8-20)14(11-22(16)18(21)24)12-3-5-13(19)6-4-12/h3-6,11H,2,7-10H2,1H3. The maximum Gasteiger partial charge on any atom is 0.335 e. The molecule has 0 spiro atoms. The predicted octanol–water partition coefficient (Wildman–Crippen LogP) is 3.09. The van der Waals surface area contributed by atoms with Gasteiger partial charge in [0.2, 0.25) is 0 Å². The Labute approximate surface area is 150 Å². The Morgan fingerprint density at radius 3 is 2.44 bits per heavy atom. The van der Waals surface area contributed by atoms with Crippen molar-refractivity contribution in [3.8, 4) is 11.1 Å². The topological polar surface area (TPSA) is 54.8 Å². The molecule has 4 rings (SSSR count). The number of ether oxygens (including phenoxy) is 1. The number of carbonyl (C=O) groups excluding carboxylic acids is 2. The van der Waals surface area contributed by atoms with Crippen LogP contribution < -0.4 is 4.90 Å². The van der Waals surface area contributed by atoms with Gasteiger partial charge in [-0.3, -0.25) is 14.3 Å². The van der Waals surface area contributed by atoms with Crippen molar-refractivity contribution in [2.45, 2.75) is 6.92 Å². The molecular formula is C18H18ClN3O3. The average Bonchev–Trinajstić information content (AvgIpc) is 3.13. The van der Waals surface area contributed by atoms with Gasteiger partial charge in [0, 0.05) is 36.4 Å². The summed E-state index contributed by atoms with van der Waals surface area (Å²) < 4.78 is 6.91. The van der Waals surface area contributed by atoms with Gasteiger partial charge in [0.25, 0.3) is 5.91 Å². The van der Waals surface area contributed by atoms with Crippen LogP contribution in [0.3, 0.4) is 0 Å². The van der Waals surface area contributed by atoms with Crippen LogP contribution >= 0.6 is 11.6 Å². The van der Waals surface area contributed by atoms with Crippen molar-refractivity contribution in [3.05, 3.63) is 41.2 Å². The highest BCUT2D eigenvalue weighted by Crippen LogP contribution is 2.40. The third-order valence-corrected chi connectivity index (χ3v) is 4.91. The fourth-order valence-electron chi connectivity index (χ4n) is 3.42. The van der Waals surface area contributed by atoms with E-state index in [-0.39, 0.29) is 11.9 Å². The summed E-state index contributed by atoms with van der Waals surface area (Å²) in [6.45, 7) is 4.74. The van der Waals surface area contributed by atoms with Gasteiger partial charge in [-0.15, -0.1) is 0 Å². The second-order valence-corrected chi connectivity index (χ2v) is 6.48. The zero-order valence-electron chi connectivity index (χ0n) is 13.9. The minimum absolute atomic E-state index is 0.241. The number of rotatable bonds is 3. The highest BCUT2D eigenvalue weighted by atomic mass is 35.5. The van der Waals surface area contributed by atoms with Gasteiger partial charge in [-0.05, 0) is 24.6 Å². The normalized spacial score (nSPS) is 17.4. The molecule has 0 N–H and O–H groups in total. The summed E-state index contributed by atoms with van der Waals surface area (Å²) in [5, 5.41) is 0.646. The number of hydrogen-bond acceptors (Lipinski definition) is 4. The molecule has 2 aliphatic rings. The third-order valence-electron chi connectivity index (χ3n) is 4.66. The molecule has 6 nitrogen and oxygen atoms in total. The number of hydrogen-bond donors (Lipinski definition) is 0. The lowest BCUT2D eigenvalue weighted by Gasteiger charge is -2.30. The Balaban J connectivity index is 1.89. The lowest BCUT2D eigenvalue weighted by atomic mass is 10.1. The number of anilines is 1. The summed E-state index contributed by atoms with van der Waals surface area (Å²) in [6, 6.07) is 7.14. The van der Waals surface area contributed by atoms with Gasteiger partial charge in [0.1, 0.15) is 5.69 Å². The van der Waals surface area contributed by atoms with E-state index in [1.54, 1.807) is 13.1 Å². The SMILES string of the molecule is CCN1C(=O)c2c(N3CCOCC3)c(-c3ccc(Cl)cc3)cn2C1=O. The highest BCUT2D eigenvalue weighted by molar-refractivity contribution is 6.30. The Hall–Kier alpha value is -2.31.